The van der Waals surface area contributed by atoms with Crippen molar-refractivity contribution in [3.05, 3.63) is 22.7 Å². The Morgan fingerprint density at radius 3 is 2.67 bits per heavy atom. The van der Waals surface area contributed by atoms with Gasteiger partial charge in [0.25, 0.3) is 5.91 Å². The molecule has 2 aromatic rings. The lowest BCUT2D eigenvalue weighted by molar-refractivity contribution is -0.133. The zero-order chi connectivity index (χ0) is 21.5. The molecule has 1 N–H and O–H groups in total. The number of nitrogens with zero attached hydrogens (tertiary/aromatic N) is 2. The molecule has 1 atom stereocenters. The van der Waals surface area contributed by atoms with Gasteiger partial charge in [-0.1, -0.05) is 40.0 Å². The first kappa shape index (κ1) is 21.4. The number of aryl methyl sites for hydroxylation is 1. The summed E-state index contributed by atoms with van der Waals surface area (Å²) in [4.78, 5) is 30.4. The summed E-state index contributed by atoms with van der Waals surface area (Å²) in [5, 5.41) is 3.31. The second-order valence-corrected chi connectivity index (χ2v) is 10.8. The van der Waals surface area contributed by atoms with Crippen molar-refractivity contribution in [2.24, 2.45) is 5.92 Å². The SMILES string of the molecule is CCc1cc2c(cc3n2C[C@](C)(C(=O)NC2CCCCC2)N(CCC(C)C)C3=O)s1. The van der Waals surface area contributed by atoms with E-state index < -0.39 is 5.54 Å². The van der Waals surface area contributed by atoms with E-state index >= 15 is 0 Å². The summed E-state index contributed by atoms with van der Waals surface area (Å²) in [7, 11) is 0. The van der Waals surface area contributed by atoms with E-state index in [0.717, 1.165) is 41.6 Å². The summed E-state index contributed by atoms with van der Waals surface area (Å²) in [6.45, 7) is 9.59. The van der Waals surface area contributed by atoms with Gasteiger partial charge in [-0.3, -0.25) is 9.59 Å². The minimum atomic E-state index is -0.864. The summed E-state index contributed by atoms with van der Waals surface area (Å²) in [5.74, 6) is 0.474. The molecule has 0 spiro atoms. The number of thiophene rings is 1. The van der Waals surface area contributed by atoms with E-state index in [0.29, 0.717) is 19.0 Å². The third kappa shape index (κ3) is 3.79. The predicted molar refractivity (Wildman–Crippen MR) is 123 cm³/mol. The lowest BCUT2D eigenvalue weighted by Gasteiger charge is -2.45. The highest BCUT2D eigenvalue weighted by Gasteiger charge is 2.48. The van der Waals surface area contributed by atoms with E-state index in [1.165, 1.54) is 24.1 Å². The minimum Gasteiger partial charge on any atom is -0.351 e. The van der Waals surface area contributed by atoms with Gasteiger partial charge in [0, 0.05) is 17.5 Å². The van der Waals surface area contributed by atoms with Crippen LogP contribution < -0.4 is 5.32 Å². The fourth-order valence-corrected chi connectivity index (χ4v) is 5.93. The largest absolute Gasteiger partial charge is 0.351 e. The first-order chi connectivity index (χ1) is 14.3. The quantitative estimate of drug-likeness (QED) is 0.704. The summed E-state index contributed by atoms with van der Waals surface area (Å²) in [6.07, 6.45) is 7.58. The van der Waals surface area contributed by atoms with Crippen LogP contribution in [0.15, 0.2) is 12.1 Å². The molecular formula is C24H35N3O2S. The Hall–Kier alpha value is -1.82. The Morgan fingerprint density at radius 2 is 2.00 bits per heavy atom. The highest BCUT2D eigenvalue weighted by Crippen LogP contribution is 2.36. The van der Waals surface area contributed by atoms with Gasteiger partial charge in [0.15, 0.2) is 0 Å². The fraction of sp³-hybridized carbons (Fsp3) is 0.667. The van der Waals surface area contributed by atoms with Crippen molar-refractivity contribution in [2.45, 2.75) is 90.8 Å². The molecule has 0 aromatic carbocycles. The number of fused-ring (bicyclic) bond motifs is 3. The van der Waals surface area contributed by atoms with Crippen molar-refractivity contribution in [1.82, 2.24) is 14.8 Å². The average molecular weight is 430 g/mol. The predicted octanol–water partition coefficient (Wildman–Crippen LogP) is 4.97. The summed E-state index contributed by atoms with van der Waals surface area (Å²) in [6, 6.07) is 4.46. The Labute approximate surface area is 183 Å². The summed E-state index contributed by atoms with van der Waals surface area (Å²) < 4.78 is 3.25. The number of hydrogen-bond donors (Lipinski definition) is 1. The second kappa shape index (κ2) is 8.37. The van der Waals surface area contributed by atoms with Gasteiger partial charge in [-0.15, -0.1) is 11.3 Å². The van der Waals surface area contributed by atoms with E-state index in [2.05, 4.69) is 36.7 Å². The van der Waals surface area contributed by atoms with Crippen molar-refractivity contribution in [1.29, 1.82) is 0 Å². The Balaban J connectivity index is 1.69. The van der Waals surface area contributed by atoms with Crippen LogP contribution >= 0.6 is 11.3 Å². The van der Waals surface area contributed by atoms with Crippen LogP contribution in [0.1, 0.15) is 81.6 Å². The van der Waals surface area contributed by atoms with Crippen LogP contribution in [-0.4, -0.2) is 39.4 Å². The molecule has 1 saturated carbocycles. The van der Waals surface area contributed by atoms with Crippen LogP contribution in [0.3, 0.4) is 0 Å². The molecule has 30 heavy (non-hydrogen) atoms. The van der Waals surface area contributed by atoms with E-state index in [-0.39, 0.29) is 17.9 Å². The molecule has 2 aliphatic rings. The van der Waals surface area contributed by atoms with Crippen LogP contribution in [0.4, 0.5) is 0 Å². The molecule has 6 heteroatoms. The van der Waals surface area contributed by atoms with Gasteiger partial charge in [0.05, 0.1) is 16.8 Å². The zero-order valence-electron chi connectivity index (χ0n) is 18.8. The van der Waals surface area contributed by atoms with E-state index in [1.54, 1.807) is 11.3 Å². The van der Waals surface area contributed by atoms with Gasteiger partial charge in [0.2, 0.25) is 5.91 Å². The zero-order valence-corrected chi connectivity index (χ0v) is 19.6. The van der Waals surface area contributed by atoms with Gasteiger partial charge < -0.3 is 14.8 Å². The minimum absolute atomic E-state index is 0.00458. The molecule has 2 aromatic heterocycles. The number of amides is 2. The lowest BCUT2D eigenvalue weighted by atomic mass is 9.91. The van der Waals surface area contributed by atoms with Crippen molar-refractivity contribution in [3.8, 4) is 0 Å². The molecule has 0 radical (unpaired) electrons. The molecule has 164 valence electrons. The summed E-state index contributed by atoms with van der Waals surface area (Å²) in [5.41, 5.74) is 0.961. The normalized spacial score (nSPS) is 22.7. The molecule has 2 amide bonds. The van der Waals surface area contributed by atoms with Gasteiger partial charge in [0.1, 0.15) is 11.2 Å². The van der Waals surface area contributed by atoms with E-state index in [1.807, 2.05) is 17.9 Å². The molecule has 1 aliphatic heterocycles. The lowest BCUT2D eigenvalue weighted by Crippen LogP contribution is -2.65. The van der Waals surface area contributed by atoms with Crippen molar-refractivity contribution >= 4 is 33.4 Å². The van der Waals surface area contributed by atoms with E-state index in [4.69, 9.17) is 0 Å². The van der Waals surface area contributed by atoms with Gasteiger partial charge in [-0.2, -0.15) is 0 Å². The maximum absolute atomic E-state index is 13.6. The van der Waals surface area contributed by atoms with Crippen LogP contribution in [0.2, 0.25) is 0 Å². The highest BCUT2D eigenvalue weighted by atomic mass is 32.1. The van der Waals surface area contributed by atoms with Gasteiger partial charge >= 0.3 is 0 Å². The fourth-order valence-electron chi connectivity index (χ4n) is 4.89. The van der Waals surface area contributed by atoms with Gasteiger partial charge in [-0.25, -0.2) is 0 Å². The van der Waals surface area contributed by atoms with E-state index in [9.17, 15) is 9.59 Å². The van der Waals surface area contributed by atoms with Crippen molar-refractivity contribution in [2.75, 3.05) is 6.54 Å². The number of carbonyl (C=O) groups excluding carboxylic acids is 2. The topological polar surface area (TPSA) is 54.3 Å². The maximum Gasteiger partial charge on any atom is 0.271 e. The maximum atomic E-state index is 13.6. The first-order valence-corrected chi connectivity index (χ1v) is 12.4. The Kier molecular flexibility index (Phi) is 5.97. The monoisotopic (exact) mass is 429 g/mol. The summed E-state index contributed by atoms with van der Waals surface area (Å²) >= 11 is 1.76. The van der Waals surface area contributed by atoms with Crippen LogP contribution in [0, 0.1) is 5.92 Å². The molecular weight excluding hydrogens is 394 g/mol. The van der Waals surface area contributed by atoms with Crippen LogP contribution in [-0.2, 0) is 17.8 Å². The number of nitrogens with one attached hydrogen (secondary N) is 1. The smallest absolute Gasteiger partial charge is 0.271 e. The molecule has 0 bridgehead atoms. The standard InChI is InChI=1S/C24H35N3O2S/c1-5-18-13-19-21(30-18)14-20-22(28)27(12-11-16(2)3)24(4,15-26(19)20)23(29)25-17-9-7-6-8-10-17/h13-14,16-17H,5-12,15H2,1-4H3,(H,25,29)/t24-/m1/s1. The third-order valence-electron chi connectivity index (χ3n) is 6.87. The molecule has 1 aliphatic carbocycles. The van der Waals surface area contributed by atoms with Crippen molar-refractivity contribution < 1.29 is 9.59 Å². The number of aromatic nitrogens is 1. The second-order valence-electron chi connectivity index (χ2n) is 9.65. The molecule has 0 saturated heterocycles. The Bertz CT molecular complexity index is 938. The molecule has 3 heterocycles. The first-order valence-electron chi connectivity index (χ1n) is 11.6. The van der Waals surface area contributed by atoms with Crippen molar-refractivity contribution in [3.63, 3.8) is 0 Å². The molecule has 0 unspecified atom stereocenters. The highest BCUT2D eigenvalue weighted by molar-refractivity contribution is 7.19. The molecule has 1 fully saturated rings. The number of carbonyl (C=O) groups is 2. The van der Waals surface area contributed by atoms with Crippen LogP contribution in [0.5, 0.6) is 0 Å². The average Bonchev–Trinajstić information content (AvgIpc) is 3.27. The number of rotatable bonds is 6. The van der Waals surface area contributed by atoms with Crippen LogP contribution in [0.25, 0.3) is 10.2 Å². The van der Waals surface area contributed by atoms with Gasteiger partial charge in [-0.05, 0) is 50.7 Å². The molecule has 4 rings (SSSR count). The molecule has 5 nitrogen and oxygen atoms in total. The Morgan fingerprint density at radius 1 is 1.27 bits per heavy atom. The third-order valence-corrected chi connectivity index (χ3v) is 8.09. The number of hydrogen-bond acceptors (Lipinski definition) is 3.